The van der Waals surface area contributed by atoms with Crippen molar-refractivity contribution in [1.82, 2.24) is 9.88 Å². The number of rotatable bonds is 6. The van der Waals surface area contributed by atoms with Gasteiger partial charge in [0, 0.05) is 18.2 Å². The average Bonchev–Trinajstić information content (AvgIpc) is 3.18. The van der Waals surface area contributed by atoms with Crippen molar-refractivity contribution in [3.63, 3.8) is 0 Å². The van der Waals surface area contributed by atoms with Gasteiger partial charge in [0.05, 0.1) is 18.9 Å². The normalized spacial score (nSPS) is 19.9. The molecule has 3 rings (SSSR count). The first-order valence-electron chi connectivity index (χ1n) is 8.16. The number of aliphatic hydroxyl groups is 1. The summed E-state index contributed by atoms with van der Waals surface area (Å²) in [6, 6.07) is 8.13. The Morgan fingerprint density at radius 3 is 2.87 bits per heavy atom. The number of hydrogen-bond acceptors (Lipinski definition) is 5. The molecule has 0 amide bonds. The maximum atomic E-state index is 9.62. The van der Waals surface area contributed by atoms with E-state index in [1.54, 1.807) is 13.4 Å². The molecule has 1 aliphatic heterocycles. The van der Waals surface area contributed by atoms with E-state index in [0.29, 0.717) is 11.9 Å². The van der Waals surface area contributed by atoms with Crippen molar-refractivity contribution in [2.24, 2.45) is 0 Å². The molecule has 23 heavy (non-hydrogen) atoms. The average molecular weight is 316 g/mol. The molecule has 2 heterocycles. The van der Waals surface area contributed by atoms with Crippen molar-refractivity contribution in [3.8, 4) is 17.2 Å². The fourth-order valence-electron chi connectivity index (χ4n) is 3.22. The Morgan fingerprint density at radius 2 is 2.17 bits per heavy atom. The summed E-state index contributed by atoms with van der Waals surface area (Å²) in [5.74, 6) is 1.45. The Labute approximate surface area is 136 Å². The van der Waals surface area contributed by atoms with E-state index in [4.69, 9.17) is 9.15 Å². The van der Waals surface area contributed by atoms with Crippen LogP contribution >= 0.6 is 0 Å². The topological polar surface area (TPSA) is 58.7 Å². The van der Waals surface area contributed by atoms with Crippen molar-refractivity contribution in [2.45, 2.75) is 44.9 Å². The van der Waals surface area contributed by atoms with E-state index >= 15 is 0 Å². The van der Waals surface area contributed by atoms with Gasteiger partial charge >= 0.3 is 0 Å². The molecule has 2 aromatic rings. The van der Waals surface area contributed by atoms with Gasteiger partial charge in [0.25, 0.3) is 0 Å². The molecule has 0 aliphatic carbocycles. The highest BCUT2D eigenvalue weighted by molar-refractivity contribution is 5.54. The lowest BCUT2D eigenvalue weighted by molar-refractivity contribution is 0.130. The molecule has 1 aromatic carbocycles. The Bertz CT molecular complexity index is 621. The maximum Gasteiger partial charge on any atom is 0.226 e. The maximum absolute atomic E-state index is 9.62. The van der Waals surface area contributed by atoms with Gasteiger partial charge in [-0.05, 0) is 57.0 Å². The lowest BCUT2D eigenvalue weighted by Gasteiger charge is -2.24. The van der Waals surface area contributed by atoms with Crippen molar-refractivity contribution >= 4 is 0 Å². The summed E-state index contributed by atoms with van der Waals surface area (Å²) in [6.07, 6.45) is 4.63. The number of aliphatic hydroxyl groups excluding tert-OH is 1. The molecule has 5 heteroatoms. The summed E-state index contributed by atoms with van der Waals surface area (Å²) in [5.41, 5.74) is 1.88. The Balaban J connectivity index is 1.66. The summed E-state index contributed by atoms with van der Waals surface area (Å²) in [4.78, 5) is 6.99. The van der Waals surface area contributed by atoms with E-state index in [0.717, 1.165) is 42.9 Å². The third-order valence-corrected chi connectivity index (χ3v) is 4.37. The number of aromatic nitrogens is 1. The Kier molecular flexibility index (Phi) is 4.98. The van der Waals surface area contributed by atoms with Crippen molar-refractivity contribution in [3.05, 3.63) is 36.2 Å². The van der Waals surface area contributed by atoms with Crippen LogP contribution < -0.4 is 4.74 Å². The number of methoxy groups -OCH3 is 1. The zero-order valence-corrected chi connectivity index (χ0v) is 13.7. The smallest absolute Gasteiger partial charge is 0.226 e. The van der Waals surface area contributed by atoms with Gasteiger partial charge in [-0.3, -0.25) is 4.90 Å². The highest BCUT2D eigenvalue weighted by Crippen LogP contribution is 2.26. The second kappa shape index (κ2) is 7.15. The molecule has 124 valence electrons. The molecule has 2 atom stereocenters. The molecule has 0 radical (unpaired) electrons. The molecular weight excluding hydrogens is 292 g/mol. The van der Waals surface area contributed by atoms with E-state index in [1.807, 2.05) is 31.2 Å². The minimum atomic E-state index is -0.257. The first-order chi connectivity index (χ1) is 11.2. The SMILES string of the molecule is COc1ccc(-c2nc(CN3CCCC3CC(C)O)co2)cc1. The summed E-state index contributed by atoms with van der Waals surface area (Å²) in [5, 5.41) is 9.62. The lowest BCUT2D eigenvalue weighted by atomic mass is 10.1. The summed E-state index contributed by atoms with van der Waals surface area (Å²) in [6.45, 7) is 3.69. The van der Waals surface area contributed by atoms with Crippen LogP contribution in [-0.2, 0) is 6.54 Å². The number of ether oxygens (including phenoxy) is 1. The molecule has 0 bridgehead atoms. The largest absolute Gasteiger partial charge is 0.497 e. The first kappa shape index (κ1) is 16.0. The molecule has 1 saturated heterocycles. The monoisotopic (exact) mass is 316 g/mol. The second-order valence-electron chi connectivity index (χ2n) is 6.22. The number of nitrogens with zero attached hydrogens (tertiary/aromatic N) is 2. The van der Waals surface area contributed by atoms with Gasteiger partial charge in [0.1, 0.15) is 12.0 Å². The molecule has 5 nitrogen and oxygen atoms in total. The van der Waals surface area contributed by atoms with Crippen molar-refractivity contribution in [2.75, 3.05) is 13.7 Å². The van der Waals surface area contributed by atoms with Gasteiger partial charge in [-0.15, -0.1) is 0 Å². The van der Waals surface area contributed by atoms with E-state index in [1.165, 1.54) is 6.42 Å². The van der Waals surface area contributed by atoms with Gasteiger partial charge in [0.15, 0.2) is 0 Å². The minimum absolute atomic E-state index is 0.257. The van der Waals surface area contributed by atoms with Gasteiger partial charge in [-0.25, -0.2) is 4.98 Å². The zero-order chi connectivity index (χ0) is 16.2. The minimum Gasteiger partial charge on any atom is -0.497 e. The summed E-state index contributed by atoms with van der Waals surface area (Å²) < 4.78 is 10.8. The molecule has 1 aromatic heterocycles. The summed E-state index contributed by atoms with van der Waals surface area (Å²) in [7, 11) is 1.65. The number of benzene rings is 1. The lowest BCUT2D eigenvalue weighted by Crippen LogP contribution is -2.31. The number of likely N-dealkylation sites (tertiary alicyclic amines) is 1. The van der Waals surface area contributed by atoms with Gasteiger partial charge in [-0.2, -0.15) is 0 Å². The van der Waals surface area contributed by atoms with Gasteiger partial charge in [0.2, 0.25) is 5.89 Å². The zero-order valence-electron chi connectivity index (χ0n) is 13.7. The Hall–Kier alpha value is -1.85. The van der Waals surface area contributed by atoms with Crippen LogP contribution in [-0.4, -0.2) is 40.8 Å². The van der Waals surface area contributed by atoms with Crippen LogP contribution in [0.15, 0.2) is 34.9 Å². The van der Waals surface area contributed by atoms with Crippen LogP contribution in [0.2, 0.25) is 0 Å². The van der Waals surface area contributed by atoms with E-state index in [-0.39, 0.29) is 6.10 Å². The molecule has 0 saturated carbocycles. The third-order valence-electron chi connectivity index (χ3n) is 4.37. The van der Waals surface area contributed by atoms with E-state index < -0.39 is 0 Å². The summed E-state index contributed by atoms with van der Waals surface area (Å²) >= 11 is 0. The molecule has 1 fully saturated rings. The van der Waals surface area contributed by atoms with Crippen LogP contribution in [0.25, 0.3) is 11.5 Å². The van der Waals surface area contributed by atoms with Crippen LogP contribution in [0.1, 0.15) is 31.9 Å². The highest BCUT2D eigenvalue weighted by atomic mass is 16.5. The van der Waals surface area contributed by atoms with Crippen LogP contribution in [0.4, 0.5) is 0 Å². The predicted octanol–water partition coefficient (Wildman–Crippen LogP) is 3.09. The second-order valence-corrected chi connectivity index (χ2v) is 6.22. The molecule has 0 spiro atoms. The van der Waals surface area contributed by atoms with Crippen molar-refractivity contribution < 1.29 is 14.3 Å². The molecule has 1 aliphatic rings. The van der Waals surface area contributed by atoms with Crippen LogP contribution in [0.5, 0.6) is 5.75 Å². The van der Waals surface area contributed by atoms with Gasteiger partial charge < -0.3 is 14.3 Å². The Morgan fingerprint density at radius 1 is 1.39 bits per heavy atom. The van der Waals surface area contributed by atoms with E-state index in [9.17, 15) is 5.11 Å². The highest BCUT2D eigenvalue weighted by Gasteiger charge is 2.26. The van der Waals surface area contributed by atoms with Gasteiger partial charge in [-0.1, -0.05) is 0 Å². The number of oxazole rings is 1. The fraction of sp³-hybridized carbons (Fsp3) is 0.500. The fourth-order valence-corrected chi connectivity index (χ4v) is 3.22. The first-order valence-corrected chi connectivity index (χ1v) is 8.16. The molecular formula is C18H24N2O3. The van der Waals surface area contributed by atoms with Crippen LogP contribution in [0.3, 0.4) is 0 Å². The number of hydrogen-bond donors (Lipinski definition) is 1. The van der Waals surface area contributed by atoms with Crippen LogP contribution in [0, 0.1) is 0 Å². The molecule has 2 unspecified atom stereocenters. The molecule has 1 N–H and O–H groups in total. The standard InChI is InChI=1S/C18H24N2O3/c1-13(21)10-16-4-3-9-20(16)11-15-12-23-18(19-15)14-5-7-17(22-2)8-6-14/h5-8,12-13,16,21H,3-4,9-11H2,1-2H3. The third kappa shape index (κ3) is 3.92. The quantitative estimate of drug-likeness (QED) is 0.887. The van der Waals surface area contributed by atoms with Crippen molar-refractivity contribution in [1.29, 1.82) is 0 Å². The van der Waals surface area contributed by atoms with E-state index in [2.05, 4.69) is 9.88 Å². The predicted molar refractivity (Wildman–Crippen MR) is 88.2 cm³/mol.